The summed E-state index contributed by atoms with van der Waals surface area (Å²) < 4.78 is 0. The molecule has 2 nitrogen and oxygen atoms in total. The predicted molar refractivity (Wildman–Crippen MR) is 65.3 cm³/mol. The van der Waals surface area contributed by atoms with Crippen LogP contribution in [0.4, 0.5) is 0 Å². The van der Waals surface area contributed by atoms with Gasteiger partial charge in [-0.3, -0.25) is 0 Å². The highest BCUT2D eigenvalue weighted by molar-refractivity contribution is 7.30. The first-order chi connectivity index (χ1) is 6.54. The first-order valence-corrected chi connectivity index (χ1v) is 4.76. The summed E-state index contributed by atoms with van der Waals surface area (Å²) in [5, 5.41) is 18.6. The zero-order valence-electron chi connectivity index (χ0n) is 7.20. The first-order valence-electron chi connectivity index (χ1n) is 3.60. The van der Waals surface area contributed by atoms with Crippen LogP contribution in [0, 0.1) is 22.7 Å². The highest BCUT2D eigenvalue weighted by Gasteiger charge is 2.13. The van der Waals surface area contributed by atoms with Crippen LogP contribution < -0.4 is 21.5 Å². The summed E-state index contributed by atoms with van der Waals surface area (Å²) in [5.41, 5.74) is 1.18. The van der Waals surface area contributed by atoms with E-state index in [2.05, 4.69) is 18.5 Å². The van der Waals surface area contributed by atoms with Crippen molar-refractivity contribution in [3.05, 3.63) is 11.1 Å². The molecule has 0 fully saturated rings. The normalized spacial score (nSPS) is 9.14. The molecule has 6 heteroatoms. The van der Waals surface area contributed by atoms with Gasteiger partial charge in [0.15, 0.2) is 0 Å². The Bertz CT molecular complexity index is 445. The van der Waals surface area contributed by atoms with Gasteiger partial charge in [0, 0.05) is 5.30 Å². The minimum atomic E-state index is 0.283. The fraction of sp³-hybridized carbons (Fsp3) is 0. The maximum Gasteiger partial charge on any atom is 0.116 e. The van der Waals surface area contributed by atoms with Gasteiger partial charge in [0.25, 0.3) is 0 Å². The van der Waals surface area contributed by atoms with E-state index in [0.29, 0.717) is 21.5 Å². The molecule has 0 saturated heterocycles. The van der Waals surface area contributed by atoms with Crippen molar-refractivity contribution < 1.29 is 0 Å². The fourth-order valence-corrected chi connectivity index (χ4v) is 1.80. The van der Waals surface area contributed by atoms with E-state index in [1.165, 1.54) is 0 Å². The molecule has 1 rings (SSSR count). The quantitative estimate of drug-likeness (QED) is 0.369. The van der Waals surface area contributed by atoms with E-state index in [0.717, 1.165) is 0 Å². The van der Waals surface area contributed by atoms with Crippen molar-refractivity contribution in [1.82, 2.24) is 0 Å². The van der Waals surface area contributed by atoms with E-state index >= 15 is 0 Å². The van der Waals surface area contributed by atoms with Crippen LogP contribution >= 0.6 is 18.5 Å². The topological polar surface area (TPSA) is 47.6 Å². The average molecular weight is 212 g/mol. The van der Waals surface area contributed by atoms with Crippen LogP contribution in [0.1, 0.15) is 11.1 Å². The Balaban J connectivity index is 3.78. The lowest BCUT2D eigenvalue weighted by Crippen LogP contribution is -2.41. The number of nitrogens with zero attached hydrogens (tertiary/aromatic N) is 2. The Morgan fingerprint density at radius 2 is 1.21 bits per heavy atom. The molecule has 0 aromatic heterocycles. The van der Waals surface area contributed by atoms with Crippen molar-refractivity contribution in [3.63, 3.8) is 0 Å². The molecular weight excluding hydrogens is 208 g/mol. The Kier molecular flexibility index (Phi) is 3.34. The Morgan fingerprint density at radius 3 is 1.50 bits per heavy atom. The van der Waals surface area contributed by atoms with Crippen molar-refractivity contribution in [2.24, 2.45) is 0 Å². The Labute approximate surface area is 89.9 Å². The molecule has 0 bridgehead atoms. The van der Waals surface area contributed by atoms with Gasteiger partial charge in [-0.25, -0.2) is 0 Å². The smallest absolute Gasteiger partial charge is 0.116 e. The molecule has 0 saturated carbocycles. The van der Waals surface area contributed by atoms with E-state index in [-0.39, 0.29) is 11.1 Å². The second kappa shape index (κ2) is 4.14. The van der Waals surface area contributed by atoms with Crippen LogP contribution in [0.5, 0.6) is 0 Å². The summed E-state index contributed by atoms with van der Waals surface area (Å²) >= 11 is 0. The monoisotopic (exact) mass is 212 g/mol. The Morgan fingerprint density at radius 1 is 0.857 bits per heavy atom. The lowest BCUT2D eigenvalue weighted by atomic mass is 9.81. The molecule has 62 valence electrons. The number of nitriles is 2. The van der Waals surface area contributed by atoms with Gasteiger partial charge in [0.2, 0.25) is 0 Å². The highest BCUT2D eigenvalue weighted by Crippen LogP contribution is 2.00. The molecule has 0 N–H and O–H groups in total. The van der Waals surface area contributed by atoms with Gasteiger partial charge in [-0.1, -0.05) is 10.9 Å². The average Bonchev–Trinajstić information content (AvgIpc) is 2.16. The number of hydrogen-bond acceptors (Lipinski definition) is 2. The zero-order chi connectivity index (χ0) is 10.9. The van der Waals surface area contributed by atoms with Crippen molar-refractivity contribution in [3.8, 4) is 12.1 Å². The van der Waals surface area contributed by atoms with Crippen molar-refractivity contribution >= 4 is 55.7 Å². The van der Waals surface area contributed by atoms with Gasteiger partial charge >= 0.3 is 0 Å². The maximum atomic E-state index is 8.83. The van der Waals surface area contributed by atoms with Crippen LogP contribution in [0.2, 0.25) is 0 Å². The van der Waals surface area contributed by atoms with Crippen LogP contribution in [-0.2, 0) is 0 Å². The van der Waals surface area contributed by atoms with Gasteiger partial charge in [-0.15, -0.1) is 18.5 Å². The Hall–Kier alpha value is -0.810. The molecule has 4 radical (unpaired) electrons. The SMILES string of the molecule is [B]c1c(P)c([B])c(C#N)c(P)c1C#N. The minimum absolute atomic E-state index is 0.283. The summed E-state index contributed by atoms with van der Waals surface area (Å²) in [5.74, 6) is 0. The third-order valence-corrected chi connectivity index (χ3v) is 3.08. The zero-order valence-corrected chi connectivity index (χ0v) is 9.51. The van der Waals surface area contributed by atoms with Crippen molar-refractivity contribution in [2.45, 2.75) is 0 Å². The van der Waals surface area contributed by atoms with Crippen LogP contribution in [0.3, 0.4) is 0 Å². The summed E-state index contributed by atoms with van der Waals surface area (Å²) in [6.07, 6.45) is 0. The second-order valence-corrected chi connectivity index (χ2v) is 3.78. The molecule has 0 aliphatic carbocycles. The number of hydrogen-bond donors (Lipinski definition) is 0. The molecule has 0 aliphatic heterocycles. The fourth-order valence-electron chi connectivity index (χ4n) is 1.07. The molecule has 0 amide bonds. The molecule has 2 atom stereocenters. The standard InChI is InChI=1S/C8H4B2N2P2/c9-5-3(1-11)7(13)4(2-12)6(10)8(5)14/h13-14H2. The van der Waals surface area contributed by atoms with E-state index in [1.807, 2.05) is 12.1 Å². The highest BCUT2D eigenvalue weighted by atomic mass is 31.0. The summed E-state index contributed by atoms with van der Waals surface area (Å²) in [4.78, 5) is 0. The first kappa shape index (κ1) is 11.3. The number of rotatable bonds is 0. The summed E-state index contributed by atoms with van der Waals surface area (Å²) in [6, 6.07) is 3.88. The summed E-state index contributed by atoms with van der Waals surface area (Å²) in [6.45, 7) is 0. The molecule has 2 unspecified atom stereocenters. The van der Waals surface area contributed by atoms with Gasteiger partial charge in [-0.2, -0.15) is 10.5 Å². The predicted octanol–water partition coefficient (Wildman–Crippen LogP) is -1.98. The third kappa shape index (κ3) is 1.57. The van der Waals surface area contributed by atoms with Gasteiger partial charge in [-0.05, 0) is 5.30 Å². The van der Waals surface area contributed by atoms with Gasteiger partial charge < -0.3 is 0 Å². The lowest BCUT2D eigenvalue weighted by molar-refractivity contribution is 1.50. The van der Waals surface area contributed by atoms with Crippen LogP contribution in [0.15, 0.2) is 0 Å². The largest absolute Gasteiger partial charge is 0.192 e. The van der Waals surface area contributed by atoms with E-state index in [1.54, 1.807) is 0 Å². The van der Waals surface area contributed by atoms with Crippen molar-refractivity contribution in [1.29, 1.82) is 10.5 Å². The molecule has 0 spiro atoms. The van der Waals surface area contributed by atoms with Crippen LogP contribution in [-0.4, -0.2) is 15.7 Å². The second-order valence-electron chi connectivity index (χ2n) is 2.63. The molecule has 14 heavy (non-hydrogen) atoms. The van der Waals surface area contributed by atoms with E-state index < -0.39 is 0 Å². The third-order valence-electron chi connectivity index (χ3n) is 1.88. The molecule has 0 heterocycles. The van der Waals surface area contributed by atoms with E-state index in [9.17, 15) is 0 Å². The van der Waals surface area contributed by atoms with E-state index in [4.69, 9.17) is 26.2 Å². The van der Waals surface area contributed by atoms with Crippen LogP contribution in [0.25, 0.3) is 0 Å². The summed E-state index contributed by atoms with van der Waals surface area (Å²) in [7, 11) is 16.0. The lowest BCUT2D eigenvalue weighted by Gasteiger charge is -2.12. The molecule has 0 aliphatic rings. The molecular formula is C8H4B2N2P2. The maximum absolute atomic E-state index is 8.83. The molecule has 1 aromatic carbocycles. The van der Waals surface area contributed by atoms with Gasteiger partial charge in [0.05, 0.1) is 23.3 Å². The minimum Gasteiger partial charge on any atom is -0.192 e. The van der Waals surface area contributed by atoms with Crippen molar-refractivity contribution in [2.75, 3.05) is 0 Å². The van der Waals surface area contributed by atoms with Gasteiger partial charge in [0.1, 0.15) is 15.7 Å². The molecule has 1 aromatic rings. The number of benzene rings is 1.